The fourth-order valence-corrected chi connectivity index (χ4v) is 2.09. The molecule has 0 aromatic rings. The lowest BCUT2D eigenvalue weighted by atomic mass is 10.3. The van der Waals surface area contributed by atoms with E-state index in [4.69, 9.17) is 0 Å². The Morgan fingerprint density at radius 3 is 2.37 bits per heavy atom. The van der Waals surface area contributed by atoms with Crippen LogP contribution in [0.3, 0.4) is 0 Å². The molecule has 19 heavy (non-hydrogen) atoms. The summed E-state index contributed by atoms with van der Waals surface area (Å²) in [6, 6.07) is 0.380. The maximum atomic E-state index is 11.2. The topological polar surface area (TPSA) is 60.0 Å². The van der Waals surface area contributed by atoms with Crippen molar-refractivity contribution in [2.75, 3.05) is 46.3 Å². The van der Waals surface area contributed by atoms with Gasteiger partial charge in [-0.25, -0.2) is 0 Å². The zero-order valence-electron chi connectivity index (χ0n) is 12.6. The van der Waals surface area contributed by atoms with Gasteiger partial charge in [-0.3, -0.25) is 14.7 Å². The second-order valence-corrected chi connectivity index (χ2v) is 5.15. The second-order valence-electron chi connectivity index (χ2n) is 5.15. The average molecular weight is 269 g/mol. The van der Waals surface area contributed by atoms with E-state index in [1.165, 1.54) is 0 Å². The fourth-order valence-electron chi connectivity index (χ4n) is 2.09. The van der Waals surface area contributed by atoms with E-state index >= 15 is 0 Å². The Morgan fingerprint density at radius 1 is 1.26 bits per heavy atom. The molecule has 0 radical (unpaired) electrons. The highest BCUT2D eigenvalue weighted by atomic mass is 16.2. The summed E-state index contributed by atoms with van der Waals surface area (Å²) in [7, 11) is 1.78. The number of rotatable bonds is 4. The van der Waals surface area contributed by atoms with Crippen molar-refractivity contribution in [1.29, 1.82) is 0 Å². The monoisotopic (exact) mass is 269 g/mol. The molecule has 0 aliphatic carbocycles. The number of hydrogen-bond donors (Lipinski definition) is 2. The lowest BCUT2D eigenvalue weighted by molar-refractivity contribution is -0.130. The Labute approximate surface area is 116 Å². The molecule has 0 atom stereocenters. The van der Waals surface area contributed by atoms with Crippen molar-refractivity contribution in [1.82, 2.24) is 20.4 Å². The minimum atomic E-state index is 0.180. The van der Waals surface area contributed by atoms with E-state index in [-0.39, 0.29) is 5.91 Å². The third kappa shape index (κ3) is 5.92. The molecule has 6 nitrogen and oxygen atoms in total. The number of hydrogen-bond acceptors (Lipinski definition) is 3. The van der Waals surface area contributed by atoms with Gasteiger partial charge in [-0.2, -0.15) is 0 Å². The zero-order chi connectivity index (χ0) is 14.3. The summed E-state index contributed by atoms with van der Waals surface area (Å²) in [6.45, 7) is 11.3. The lowest BCUT2D eigenvalue weighted by Gasteiger charge is -2.34. The molecule has 0 spiro atoms. The molecule has 1 fully saturated rings. The Hall–Kier alpha value is -1.30. The van der Waals surface area contributed by atoms with E-state index in [2.05, 4.69) is 34.4 Å². The molecule has 1 rings (SSSR count). The van der Waals surface area contributed by atoms with E-state index < -0.39 is 0 Å². The molecule has 110 valence electrons. The van der Waals surface area contributed by atoms with Gasteiger partial charge in [-0.05, 0) is 13.8 Å². The molecule has 1 amide bonds. The highest BCUT2D eigenvalue weighted by Crippen LogP contribution is 2.00. The Bertz CT molecular complexity index is 308. The number of carbonyl (C=O) groups excluding carboxylic acids is 1. The van der Waals surface area contributed by atoms with Gasteiger partial charge in [0.2, 0.25) is 5.91 Å². The first-order chi connectivity index (χ1) is 9.02. The smallest absolute Gasteiger partial charge is 0.219 e. The van der Waals surface area contributed by atoms with Crippen LogP contribution in [0.5, 0.6) is 0 Å². The number of guanidine groups is 1. The zero-order valence-corrected chi connectivity index (χ0v) is 12.6. The van der Waals surface area contributed by atoms with Gasteiger partial charge in [0, 0.05) is 59.3 Å². The number of piperazine rings is 1. The summed E-state index contributed by atoms with van der Waals surface area (Å²) in [5.74, 6) is 1.02. The minimum Gasteiger partial charge on any atom is -0.355 e. The quantitative estimate of drug-likeness (QED) is 0.544. The first-order valence-corrected chi connectivity index (χ1v) is 6.98. The van der Waals surface area contributed by atoms with Crippen LogP contribution in [-0.2, 0) is 4.79 Å². The van der Waals surface area contributed by atoms with E-state index in [1.807, 2.05) is 4.90 Å². The molecule has 0 aromatic heterocycles. The SMILES string of the molecule is CN=C(NCCN1CCN(C(C)=O)CC1)NC(C)C. The summed E-state index contributed by atoms with van der Waals surface area (Å²) >= 11 is 0. The van der Waals surface area contributed by atoms with Crippen molar-refractivity contribution < 1.29 is 4.79 Å². The maximum Gasteiger partial charge on any atom is 0.219 e. The molecule has 1 heterocycles. The van der Waals surface area contributed by atoms with Crippen LogP contribution in [0, 0.1) is 0 Å². The van der Waals surface area contributed by atoms with Crippen LogP contribution >= 0.6 is 0 Å². The van der Waals surface area contributed by atoms with E-state index in [0.717, 1.165) is 45.2 Å². The predicted molar refractivity (Wildman–Crippen MR) is 78.3 cm³/mol. The molecule has 0 bridgehead atoms. The van der Waals surface area contributed by atoms with Gasteiger partial charge in [0.15, 0.2) is 5.96 Å². The molecular formula is C13H27N5O. The second kappa shape index (κ2) is 7.99. The largest absolute Gasteiger partial charge is 0.355 e. The Balaban J connectivity index is 2.18. The summed E-state index contributed by atoms with van der Waals surface area (Å²) in [4.78, 5) is 19.7. The molecule has 1 saturated heterocycles. The van der Waals surface area contributed by atoms with Crippen molar-refractivity contribution in [3.8, 4) is 0 Å². The summed E-state index contributed by atoms with van der Waals surface area (Å²) < 4.78 is 0. The molecule has 0 aromatic carbocycles. The normalized spacial score (nSPS) is 17.7. The Morgan fingerprint density at radius 2 is 1.89 bits per heavy atom. The standard InChI is InChI=1S/C13H27N5O/c1-11(2)16-13(14-4)15-5-6-17-7-9-18(10-8-17)12(3)19/h11H,5-10H2,1-4H3,(H2,14,15,16). The van der Waals surface area contributed by atoms with E-state index in [0.29, 0.717) is 6.04 Å². The van der Waals surface area contributed by atoms with Gasteiger partial charge in [-0.15, -0.1) is 0 Å². The van der Waals surface area contributed by atoms with Gasteiger partial charge in [0.1, 0.15) is 0 Å². The minimum absolute atomic E-state index is 0.180. The van der Waals surface area contributed by atoms with Crippen molar-refractivity contribution in [3.05, 3.63) is 0 Å². The molecular weight excluding hydrogens is 242 g/mol. The molecule has 2 N–H and O–H groups in total. The summed E-state index contributed by atoms with van der Waals surface area (Å²) in [6.07, 6.45) is 0. The third-order valence-electron chi connectivity index (χ3n) is 3.19. The van der Waals surface area contributed by atoms with Crippen LogP contribution < -0.4 is 10.6 Å². The first-order valence-electron chi connectivity index (χ1n) is 6.98. The number of carbonyl (C=O) groups is 1. The predicted octanol–water partition coefficient (Wildman–Crippen LogP) is -0.276. The molecule has 1 aliphatic heterocycles. The van der Waals surface area contributed by atoms with Crippen LogP contribution in [0.1, 0.15) is 20.8 Å². The highest BCUT2D eigenvalue weighted by molar-refractivity contribution is 5.79. The number of nitrogens with one attached hydrogen (secondary N) is 2. The maximum absolute atomic E-state index is 11.2. The first kappa shape index (κ1) is 15.8. The summed E-state index contributed by atoms with van der Waals surface area (Å²) in [5, 5.41) is 6.56. The van der Waals surface area contributed by atoms with Gasteiger partial charge >= 0.3 is 0 Å². The van der Waals surface area contributed by atoms with Crippen molar-refractivity contribution in [3.63, 3.8) is 0 Å². The number of nitrogens with zero attached hydrogens (tertiary/aromatic N) is 3. The van der Waals surface area contributed by atoms with Gasteiger partial charge in [0.25, 0.3) is 0 Å². The number of amides is 1. The van der Waals surface area contributed by atoms with E-state index in [9.17, 15) is 4.79 Å². The van der Waals surface area contributed by atoms with Gasteiger partial charge in [0.05, 0.1) is 0 Å². The van der Waals surface area contributed by atoms with Crippen LogP contribution in [0.4, 0.5) is 0 Å². The van der Waals surface area contributed by atoms with E-state index in [1.54, 1.807) is 14.0 Å². The van der Waals surface area contributed by atoms with Crippen LogP contribution in [0.2, 0.25) is 0 Å². The van der Waals surface area contributed by atoms with Crippen LogP contribution in [-0.4, -0.2) is 74.0 Å². The third-order valence-corrected chi connectivity index (χ3v) is 3.19. The average Bonchev–Trinajstić information content (AvgIpc) is 2.37. The van der Waals surface area contributed by atoms with Gasteiger partial charge < -0.3 is 15.5 Å². The fraction of sp³-hybridized carbons (Fsp3) is 0.846. The molecule has 0 unspecified atom stereocenters. The van der Waals surface area contributed by atoms with Crippen molar-refractivity contribution >= 4 is 11.9 Å². The highest BCUT2D eigenvalue weighted by Gasteiger charge is 2.17. The van der Waals surface area contributed by atoms with Crippen molar-refractivity contribution in [2.45, 2.75) is 26.8 Å². The van der Waals surface area contributed by atoms with Gasteiger partial charge in [-0.1, -0.05) is 0 Å². The molecule has 1 aliphatic rings. The molecule has 0 saturated carbocycles. The Kier molecular flexibility index (Phi) is 6.62. The van der Waals surface area contributed by atoms with Crippen LogP contribution in [0.15, 0.2) is 4.99 Å². The lowest BCUT2D eigenvalue weighted by Crippen LogP contribution is -2.50. The van der Waals surface area contributed by atoms with Crippen molar-refractivity contribution in [2.24, 2.45) is 4.99 Å². The van der Waals surface area contributed by atoms with Crippen LogP contribution in [0.25, 0.3) is 0 Å². The number of aliphatic imine (C=N–C) groups is 1. The summed E-state index contributed by atoms with van der Waals surface area (Å²) in [5.41, 5.74) is 0. The molecule has 6 heteroatoms.